The quantitative estimate of drug-likeness (QED) is 0.562. The van der Waals surface area contributed by atoms with Crippen LogP contribution in [-0.2, 0) is 0 Å². The second kappa shape index (κ2) is 8.17. The molecule has 0 aromatic rings. The van der Waals surface area contributed by atoms with Crippen LogP contribution in [0.5, 0.6) is 0 Å². The number of rotatable bonds is 8. The average molecular weight is 203 g/mol. The highest BCUT2D eigenvalue weighted by molar-refractivity contribution is 4.66. The van der Waals surface area contributed by atoms with Crippen LogP contribution in [0, 0.1) is 0 Å². The lowest BCUT2D eigenvalue weighted by molar-refractivity contribution is 0.201. The molecule has 0 spiro atoms. The van der Waals surface area contributed by atoms with Crippen molar-refractivity contribution in [3.8, 4) is 0 Å². The molecule has 4 nitrogen and oxygen atoms in total. The van der Waals surface area contributed by atoms with Gasteiger partial charge in [0.05, 0.1) is 6.61 Å². The number of hydrogen-bond acceptors (Lipinski definition) is 4. The van der Waals surface area contributed by atoms with Gasteiger partial charge < -0.3 is 20.6 Å². The van der Waals surface area contributed by atoms with Gasteiger partial charge in [-0.15, -0.1) is 0 Å². The van der Waals surface area contributed by atoms with Crippen molar-refractivity contribution in [2.24, 2.45) is 5.73 Å². The Labute approximate surface area is 87.7 Å². The Kier molecular flexibility index (Phi) is 8.08. The van der Waals surface area contributed by atoms with Crippen LogP contribution < -0.4 is 5.73 Å². The molecule has 0 aliphatic rings. The van der Waals surface area contributed by atoms with Gasteiger partial charge in [-0.2, -0.15) is 0 Å². The van der Waals surface area contributed by atoms with E-state index in [1.165, 1.54) is 0 Å². The van der Waals surface area contributed by atoms with E-state index in [1.807, 2.05) is 0 Å². The van der Waals surface area contributed by atoms with Crippen LogP contribution in [0.1, 0.15) is 13.3 Å². The van der Waals surface area contributed by atoms with Crippen molar-refractivity contribution < 1.29 is 5.11 Å². The fourth-order valence-electron chi connectivity index (χ4n) is 1.38. The first-order chi connectivity index (χ1) is 6.60. The zero-order valence-corrected chi connectivity index (χ0v) is 9.74. The molecule has 14 heavy (non-hydrogen) atoms. The van der Waals surface area contributed by atoms with E-state index in [-0.39, 0.29) is 12.6 Å². The van der Waals surface area contributed by atoms with Crippen LogP contribution in [0.3, 0.4) is 0 Å². The van der Waals surface area contributed by atoms with Gasteiger partial charge in [0.2, 0.25) is 0 Å². The Morgan fingerprint density at radius 1 is 1.29 bits per heavy atom. The van der Waals surface area contributed by atoms with E-state index in [1.54, 1.807) is 0 Å². The number of aliphatic hydroxyl groups is 1. The highest BCUT2D eigenvalue weighted by Crippen LogP contribution is 1.94. The minimum atomic E-state index is -0.102. The Hall–Kier alpha value is -0.160. The Morgan fingerprint density at radius 2 is 1.93 bits per heavy atom. The highest BCUT2D eigenvalue weighted by atomic mass is 16.3. The standard InChI is InChI=1S/C10H25N3O/c1-4-13(8-10(11)9-14)7-5-6-12(2)3/h10,14H,4-9,11H2,1-3H3. The fourth-order valence-corrected chi connectivity index (χ4v) is 1.38. The number of nitrogens with zero attached hydrogens (tertiary/aromatic N) is 2. The largest absolute Gasteiger partial charge is 0.395 e. The summed E-state index contributed by atoms with van der Waals surface area (Å²) < 4.78 is 0. The first-order valence-electron chi connectivity index (χ1n) is 5.33. The van der Waals surface area contributed by atoms with E-state index in [9.17, 15) is 0 Å². The number of hydrogen-bond donors (Lipinski definition) is 2. The molecule has 0 radical (unpaired) electrons. The molecule has 0 rings (SSSR count). The molecule has 4 heteroatoms. The van der Waals surface area contributed by atoms with Crippen molar-refractivity contribution in [2.75, 3.05) is 46.9 Å². The molecule has 1 unspecified atom stereocenters. The SMILES string of the molecule is CCN(CCCN(C)C)CC(N)CO. The molecule has 0 aliphatic heterocycles. The molecule has 0 fully saturated rings. The summed E-state index contributed by atoms with van der Waals surface area (Å²) in [5.41, 5.74) is 5.68. The molecule has 0 aromatic heterocycles. The fraction of sp³-hybridized carbons (Fsp3) is 1.00. The molecule has 0 bridgehead atoms. The average Bonchev–Trinajstić information content (AvgIpc) is 2.15. The van der Waals surface area contributed by atoms with E-state index in [0.29, 0.717) is 0 Å². The van der Waals surface area contributed by atoms with Crippen molar-refractivity contribution in [3.05, 3.63) is 0 Å². The van der Waals surface area contributed by atoms with Gasteiger partial charge in [-0.3, -0.25) is 0 Å². The lowest BCUT2D eigenvalue weighted by Gasteiger charge is -2.23. The van der Waals surface area contributed by atoms with E-state index in [4.69, 9.17) is 10.8 Å². The first-order valence-corrected chi connectivity index (χ1v) is 5.33. The van der Waals surface area contributed by atoms with E-state index >= 15 is 0 Å². The zero-order valence-electron chi connectivity index (χ0n) is 9.74. The van der Waals surface area contributed by atoms with Crippen LogP contribution in [0.25, 0.3) is 0 Å². The number of nitrogens with two attached hydrogens (primary N) is 1. The summed E-state index contributed by atoms with van der Waals surface area (Å²) in [5.74, 6) is 0. The minimum absolute atomic E-state index is 0.0736. The molecule has 0 heterocycles. The van der Waals surface area contributed by atoms with Gasteiger partial charge >= 0.3 is 0 Å². The maximum atomic E-state index is 8.83. The topological polar surface area (TPSA) is 52.7 Å². The first kappa shape index (κ1) is 13.8. The van der Waals surface area contributed by atoms with Gasteiger partial charge in [0.15, 0.2) is 0 Å². The van der Waals surface area contributed by atoms with Crippen LogP contribution in [0.2, 0.25) is 0 Å². The van der Waals surface area contributed by atoms with Crippen molar-refractivity contribution in [3.63, 3.8) is 0 Å². The normalized spacial score (nSPS) is 13.9. The van der Waals surface area contributed by atoms with Crippen LogP contribution in [-0.4, -0.2) is 67.8 Å². The van der Waals surface area contributed by atoms with Gasteiger partial charge in [-0.05, 0) is 40.2 Å². The smallest absolute Gasteiger partial charge is 0.0595 e. The minimum Gasteiger partial charge on any atom is -0.395 e. The van der Waals surface area contributed by atoms with Gasteiger partial charge in [0, 0.05) is 12.6 Å². The van der Waals surface area contributed by atoms with E-state index in [2.05, 4.69) is 30.8 Å². The Morgan fingerprint density at radius 3 is 2.36 bits per heavy atom. The van der Waals surface area contributed by atoms with Gasteiger partial charge in [-0.1, -0.05) is 6.92 Å². The molecule has 0 aromatic carbocycles. The number of aliphatic hydroxyl groups excluding tert-OH is 1. The van der Waals surface area contributed by atoms with Gasteiger partial charge in [0.25, 0.3) is 0 Å². The van der Waals surface area contributed by atoms with Crippen molar-refractivity contribution in [1.29, 1.82) is 0 Å². The molecule has 0 amide bonds. The molecule has 0 saturated carbocycles. The van der Waals surface area contributed by atoms with Crippen molar-refractivity contribution in [2.45, 2.75) is 19.4 Å². The number of likely N-dealkylation sites (N-methyl/N-ethyl adjacent to an activating group) is 1. The summed E-state index contributed by atoms with van der Waals surface area (Å²) in [6, 6.07) is -0.102. The van der Waals surface area contributed by atoms with Crippen molar-refractivity contribution in [1.82, 2.24) is 9.80 Å². The maximum Gasteiger partial charge on any atom is 0.0595 e. The molecule has 86 valence electrons. The summed E-state index contributed by atoms with van der Waals surface area (Å²) >= 11 is 0. The summed E-state index contributed by atoms with van der Waals surface area (Å²) in [4.78, 5) is 4.46. The monoisotopic (exact) mass is 203 g/mol. The Bertz CT molecular complexity index is 131. The third-order valence-electron chi connectivity index (χ3n) is 2.25. The second-order valence-electron chi connectivity index (χ2n) is 3.99. The molecular weight excluding hydrogens is 178 g/mol. The Balaban J connectivity index is 3.57. The van der Waals surface area contributed by atoms with Gasteiger partial charge in [0.1, 0.15) is 0 Å². The summed E-state index contributed by atoms with van der Waals surface area (Å²) in [7, 11) is 4.16. The molecular formula is C10H25N3O. The maximum absolute atomic E-state index is 8.83. The predicted octanol–water partition coefficient (Wildman–Crippen LogP) is -0.420. The zero-order chi connectivity index (χ0) is 11.0. The molecule has 0 saturated heterocycles. The third-order valence-corrected chi connectivity index (χ3v) is 2.25. The second-order valence-corrected chi connectivity index (χ2v) is 3.99. The van der Waals surface area contributed by atoms with Crippen LogP contribution in [0.4, 0.5) is 0 Å². The highest BCUT2D eigenvalue weighted by Gasteiger charge is 2.07. The lowest BCUT2D eigenvalue weighted by atomic mass is 10.3. The van der Waals surface area contributed by atoms with Crippen LogP contribution in [0.15, 0.2) is 0 Å². The molecule has 0 aliphatic carbocycles. The predicted molar refractivity (Wildman–Crippen MR) is 60.3 cm³/mol. The van der Waals surface area contributed by atoms with E-state index in [0.717, 1.165) is 32.6 Å². The lowest BCUT2D eigenvalue weighted by Crippen LogP contribution is -2.40. The summed E-state index contributed by atoms with van der Waals surface area (Å²) in [6.07, 6.45) is 1.15. The summed E-state index contributed by atoms with van der Waals surface area (Å²) in [6.45, 7) is 6.15. The third kappa shape index (κ3) is 7.26. The summed E-state index contributed by atoms with van der Waals surface area (Å²) in [5, 5.41) is 8.83. The van der Waals surface area contributed by atoms with Crippen molar-refractivity contribution >= 4 is 0 Å². The molecule has 1 atom stereocenters. The van der Waals surface area contributed by atoms with Gasteiger partial charge in [-0.25, -0.2) is 0 Å². The van der Waals surface area contributed by atoms with Crippen LogP contribution >= 0.6 is 0 Å². The molecule has 3 N–H and O–H groups in total. The van der Waals surface area contributed by atoms with E-state index < -0.39 is 0 Å².